The molecule has 4 aromatic rings. The SMILES string of the molecule is Cc1c(-c2cccc(Cl)c2)[nH]n2c(=O)cc(-c3cnn(C)c3)nc12. The lowest BCUT2D eigenvalue weighted by molar-refractivity contribution is 0.768. The van der Waals surface area contributed by atoms with Crippen molar-refractivity contribution < 1.29 is 0 Å². The minimum atomic E-state index is -0.171. The van der Waals surface area contributed by atoms with Gasteiger partial charge in [0.2, 0.25) is 0 Å². The molecule has 24 heavy (non-hydrogen) atoms. The molecule has 0 saturated carbocycles. The van der Waals surface area contributed by atoms with Crippen molar-refractivity contribution in [3.63, 3.8) is 0 Å². The molecule has 120 valence electrons. The molecule has 0 spiro atoms. The summed E-state index contributed by atoms with van der Waals surface area (Å²) in [5.41, 5.74) is 4.46. The predicted octanol–water partition coefficient (Wildman–Crippen LogP) is 3.05. The van der Waals surface area contributed by atoms with Gasteiger partial charge in [-0.2, -0.15) is 5.10 Å². The van der Waals surface area contributed by atoms with Gasteiger partial charge in [-0.25, -0.2) is 9.50 Å². The van der Waals surface area contributed by atoms with Gasteiger partial charge >= 0.3 is 0 Å². The molecule has 0 aliphatic carbocycles. The normalized spacial score (nSPS) is 11.3. The van der Waals surface area contributed by atoms with Gasteiger partial charge < -0.3 is 0 Å². The first-order valence-electron chi connectivity index (χ1n) is 7.40. The summed E-state index contributed by atoms with van der Waals surface area (Å²) in [5, 5.41) is 7.90. The average Bonchev–Trinajstić information content (AvgIpc) is 3.12. The maximum Gasteiger partial charge on any atom is 0.273 e. The third-order valence-electron chi connectivity index (χ3n) is 3.97. The van der Waals surface area contributed by atoms with E-state index in [1.807, 2.05) is 44.4 Å². The van der Waals surface area contributed by atoms with Crippen LogP contribution in [0.2, 0.25) is 5.02 Å². The monoisotopic (exact) mass is 339 g/mol. The molecule has 0 radical (unpaired) electrons. The second kappa shape index (κ2) is 5.35. The minimum Gasteiger partial charge on any atom is -0.289 e. The number of nitrogens with zero attached hydrogens (tertiary/aromatic N) is 4. The summed E-state index contributed by atoms with van der Waals surface area (Å²) in [6.45, 7) is 1.93. The molecule has 0 unspecified atom stereocenters. The van der Waals surface area contributed by atoms with E-state index < -0.39 is 0 Å². The van der Waals surface area contributed by atoms with E-state index in [4.69, 9.17) is 11.6 Å². The molecule has 0 amide bonds. The molecule has 3 aromatic heterocycles. The molecule has 0 bridgehead atoms. The Hall–Kier alpha value is -2.86. The molecule has 3 heterocycles. The number of fused-ring (bicyclic) bond motifs is 1. The fourth-order valence-electron chi connectivity index (χ4n) is 2.78. The molecule has 0 saturated heterocycles. The molecule has 1 N–H and O–H groups in total. The third kappa shape index (κ3) is 2.32. The fraction of sp³-hybridized carbons (Fsp3) is 0.118. The lowest BCUT2D eigenvalue weighted by Crippen LogP contribution is -2.14. The minimum absolute atomic E-state index is 0.171. The molecule has 0 atom stereocenters. The van der Waals surface area contributed by atoms with Crippen molar-refractivity contribution in [3.05, 3.63) is 63.7 Å². The van der Waals surface area contributed by atoms with Crippen LogP contribution in [0.15, 0.2) is 47.5 Å². The van der Waals surface area contributed by atoms with Crippen LogP contribution in [0.1, 0.15) is 5.56 Å². The maximum atomic E-state index is 12.5. The van der Waals surface area contributed by atoms with Crippen molar-refractivity contribution in [3.8, 4) is 22.5 Å². The number of benzene rings is 1. The van der Waals surface area contributed by atoms with E-state index in [1.165, 1.54) is 10.6 Å². The Morgan fingerprint density at radius 2 is 2.04 bits per heavy atom. The number of nitrogens with one attached hydrogen (secondary N) is 1. The average molecular weight is 340 g/mol. The van der Waals surface area contributed by atoms with Gasteiger partial charge in [0.1, 0.15) is 0 Å². The molecule has 4 rings (SSSR count). The van der Waals surface area contributed by atoms with Gasteiger partial charge in [0.05, 0.1) is 17.6 Å². The summed E-state index contributed by atoms with van der Waals surface area (Å²) in [6.07, 6.45) is 3.52. The first kappa shape index (κ1) is 14.7. The number of halogens is 1. The quantitative estimate of drug-likeness (QED) is 0.610. The fourth-order valence-corrected chi connectivity index (χ4v) is 2.97. The van der Waals surface area contributed by atoms with Crippen LogP contribution in [0, 0.1) is 6.92 Å². The Kier molecular flexibility index (Phi) is 3.28. The lowest BCUT2D eigenvalue weighted by Gasteiger charge is -1.99. The van der Waals surface area contributed by atoms with Gasteiger partial charge in [-0.05, 0) is 19.1 Å². The van der Waals surface area contributed by atoms with Crippen LogP contribution in [-0.4, -0.2) is 24.4 Å². The standard InChI is InChI=1S/C17H14ClN5O/c1-10-16(11-4-3-5-13(18)6-11)21-23-15(24)7-14(20-17(10)23)12-8-19-22(2)9-12/h3-9,21H,1-2H3. The van der Waals surface area contributed by atoms with Gasteiger partial charge in [-0.15, -0.1) is 0 Å². The van der Waals surface area contributed by atoms with Gasteiger partial charge in [-0.1, -0.05) is 23.7 Å². The first-order chi connectivity index (χ1) is 11.5. The van der Waals surface area contributed by atoms with Crippen LogP contribution >= 0.6 is 11.6 Å². The summed E-state index contributed by atoms with van der Waals surface area (Å²) in [7, 11) is 1.83. The summed E-state index contributed by atoms with van der Waals surface area (Å²) < 4.78 is 3.13. The van der Waals surface area contributed by atoms with Crippen LogP contribution in [0.5, 0.6) is 0 Å². The number of hydrogen-bond acceptors (Lipinski definition) is 3. The lowest BCUT2D eigenvalue weighted by atomic mass is 10.1. The Morgan fingerprint density at radius 1 is 1.21 bits per heavy atom. The highest BCUT2D eigenvalue weighted by atomic mass is 35.5. The zero-order valence-electron chi connectivity index (χ0n) is 13.1. The van der Waals surface area contributed by atoms with Crippen molar-refractivity contribution >= 4 is 17.2 Å². The Bertz CT molecular complexity index is 1120. The van der Waals surface area contributed by atoms with Crippen LogP contribution in [-0.2, 0) is 7.05 Å². The molecule has 1 aromatic carbocycles. The zero-order valence-corrected chi connectivity index (χ0v) is 13.9. The van der Waals surface area contributed by atoms with Crippen molar-refractivity contribution in [2.75, 3.05) is 0 Å². The molecule has 6 nitrogen and oxygen atoms in total. The number of aromatic amines is 1. The van der Waals surface area contributed by atoms with E-state index in [9.17, 15) is 4.79 Å². The Balaban J connectivity index is 1.96. The number of rotatable bonds is 2. The van der Waals surface area contributed by atoms with E-state index in [0.717, 1.165) is 22.4 Å². The molecule has 0 fully saturated rings. The highest BCUT2D eigenvalue weighted by Crippen LogP contribution is 2.27. The number of aromatic nitrogens is 5. The van der Waals surface area contributed by atoms with Crippen molar-refractivity contribution in [2.45, 2.75) is 6.92 Å². The first-order valence-corrected chi connectivity index (χ1v) is 7.78. The molecular formula is C17H14ClN5O. The number of aryl methyl sites for hydroxylation is 2. The number of hydrogen-bond donors (Lipinski definition) is 1. The van der Waals surface area contributed by atoms with Crippen LogP contribution in [0.3, 0.4) is 0 Å². The highest BCUT2D eigenvalue weighted by molar-refractivity contribution is 6.30. The third-order valence-corrected chi connectivity index (χ3v) is 4.20. The van der Waals surface area contributed by atoms with E-state index in [1.54, 1.807) is 10.9 Å². The summed E-state index contributed by atoms with van der Waals surface area (Å²) >= 11 is 6.08. The largest absolute Gasteiger partial charge is 0.289 e. The van der Waals surface area contributed by atoms with E-state index in [-0.39, 0.29) is 5.56 Å². The van der Waals surface area contributed by atoms with Crippen LogP contribution in [0.25, 0.3) is 28.2 Å². The van der Waals surface area contributed by atoms with Crippen LogP contribution < -0.4 is 5.56 Å². The summed E-state index contributed by atoms with van der Waals surface area (Å²) in [6, 6.07) is 8.98. The van der Waals surface area contributed by atoms with Crippen molar-refractivity contribution in [2.24, 2.45) is 7.05 Å². The summed E-state index contributed by atoms with van der Waals surface area (Å²) in [4.78, 5) is 17.1. The van der Waals surface area contributed by atoms with E-state index >= 15 is 0 Å². The summed E-state index contributed by atoms with van der Waals surface area (Å²) in [5.74, 6) is 0. The Morgan fingerprint density at radius 3 is 2.75 bits per heavy atom. The van der Waals surface area contributed by atoms with Gasteiger partial charge in [0.15, 0.2) is 5.65 Å². The predicted molar refractivity (Wildman–Crippen MR) is 93.2 cm³/mol. The van der Waals surface area contributed by atoms with Crippen LogP contribution in [0.4, 0.5) is 0 Å². The van der Waals surface area contributed by atoms with Crippen molar-refractivity contribution in [1.29, 1.82) is 0 Å². The van der Waals surface area contributed by atoms with Gasteiger partial charge in [0.25, 0.3) is 5.56 Å². The second-order valence-corrected chi connectivity index (χ2v) is 6.10. The molecular weight excluding hydrogens is 326 g/mol. The van der Waals surface area contributed by atoms with Gasteiger partial charge in [0, 0.05) is 41.0 Å². The molecule has 0 aliphatic rings. The van der Waals surface area contributed by atoms with Gasteiger partial charge in [-0.3, -0.25) is 14.6 Å². The van der Waals surface area contributed by atoms with Crippen molar-refractivity contribution in [1.82, 2.24) is 24.4 Å². The number of H-pyrrole nitrogens is 1. The van der Waals surface area contributed by atoms with E-state index in [0.29, 0.717) is 16.4 Å². The topological polar surface area (TPSA) is 68.0 Å². The highest BCUT2D eigenvalue weighted by Gasteiger charge is 2.14. The maximum absolute atomic E-state index is 12.5. The van der Waals surface area contributed by atoms with E-state index in [2.05, 4.69) is 15.2 Å². The second-order valence-electron chi connectivity index (χ2n) is 5.66. The zero-order chi connectivity index (χ0) is 16.8. The smallest absolute Gasteiger partial charge is 0.273 e. The molecule has 0 aliphatic heterocycles. The Labute approximate surface area is 142 Å². The molecule has 7 heteroatoms.